The van der Waals surface area contributed by atoms with Crippen LogP contribution in [0.1, 0.15) is 25.0 Å². The van der Waals surface area contributed by atoms with Crippen LogP contribution in [-0.4, -0.2) is 19.1 Å². The minimum Gasteiger partial charge on any atom is -0.494 e. The van der Waals surface area contributed by atoms with Crippen LogP contribution in [0.15, 0.2) is 54.6 Å². The lowest BCUT2D eigenvalue weighted by Crippen LogP contribution is -2.20. The number of nitrogens with one attached hydrogen (secondary N) is 1. The van der Waals surface area contributed by atoms with E-state index >= 15 is 0 Å². The number of hydrogen-bond acceptors (Lipinski definition) is 3. The number of ether oxygens (including phenoxy) is 2. The minimum atomic E-state index is -0.143. The SMILES string of the molecule is CCOc1ccc(/C=C/C(=O)NCc2ccccc2OCC)cc1. The van der Waals surface area contributed by atoms with Gasteiger partial charge in [-0.05, 0) is 43.7 Å². The molecule has 0 aliphatic heterocycles. The van der Waals surface area contributed by atoms with Gasteiger partial charge in [-0.3, -0.25) is 4.79 Å². The van der Waals surface area contributed by atoms with E-state index in [0.29, 0.717) is 19.8 Å². The van der Waals surface area contributed by atoms with Gasteiger partial charge in [-0.15, -0.1) is 0 Å². The quantitative estimate of drug-likeness (QED) is 0.751. The largest absolute Gasteiger partial charge is 0.494 e. The van der Waals surface area contributed by atoms with E-state index in [1.54, 1.807) is 6.08 Å². The van der Waals surface area contributed by atoms with Crippen LogP contribution in [0.3, 0.4) is 0 Å². The molecule has 2 aromatic carbocycles. The van der Waals surface area contributed by atoms with E-state index in [9.17, 15) is 4.79 Å². The van der Waals surface area contributed by atoms with Crippen LogP contribution < -0.4 is 14.8 Å². The lowest BCUT2D eigenvalue weighted by atomic mass is 10.2. The first-order valence-electron chi connectivity index (χ1n) is 8.12. The molecule has 0 saturated carbocycles. The fraction of sp³-hybridized carbons (Fsp3) is 0.250. The van der Waals surface area contributed by atoms with E-state index in [1.807, 2.05) is 62.4 Å². The Morgan fingerprint density at radius 1 is 1.00 bits per heavy atom. The Kier molecular flexibility index (Phi) is 6.90. The maximum Gasteiger partial charge on any atom is 0.244 e. The zero-order chi connectivity index (χ0) is 17.2. The molecule has 4 nitrogen and oxygen atoms in total. The summed E-state index contributed by atoms with van der Waals surface area (Å²) in [5.74, 6) is 1.48. The molecular formula is C20H23NO3. The minimum absolute atomic E-state index is 0.143. The summed E-state index contributed by atoms with van der Waals surface area (Å²) < 4.78 is 10.9. The summed E-state index contributed by atoms with van der Waals surface area (Å²) in [4.78, 5) is 12.0. The number of benzene rings is 2. The predicted octanol–water partition coefficient (Wildman–Crippen LogP) is 3.81. The van der Waals surface area contributed by atoms with Gasteiger partial charge in [-0.2, -0.15) is 0 Å². The monoisotopic (exact) mass is 325 g/mol. The van der Waals surface area contributed by atoms with Crippen molar-refractivity contribution in [3.63, 3.8) is 0 Å². The highest BCUT2D eigenvalue weighted by molar-refractivity contribution is 5.91. The van der Waals surface area contributed by atoms with Crippen molar-refractivity contribution in [1.29, 1.82) is 0 Å². The molecule has 0 bridgehead atoms. The van der Waals surface area contributed by atoms with Crippen molar-refractivity contribution in [3.05, 3.63) is 65.7 Å². The van der Waals surface area contributed by atoms with Gasteiger partial charge in [0, 0.05) is 18.2 Å². The van der Waals surface area contributed by atoms with E-state index in [4.69, 9.17) is 9.47 Å². The highest BCUT2D eigenvalue weighted by atomic mass is 16.5. The average molecular weight is 325 g/mol. The van der Waals surface area contributed by atoms with Crippen molar-refractivity contribution in [2.75, 3.05) is 13.2 Å². The molecule has 0 aliphatic rings. The van der Waals surface area contributed by atoms with Crippen molar-refractivity contribution < 1.29 is 14.3 Å². The molecule has 24 heavy (non-hydrogen) atoms. The molecule has 0 saturated heterocycles. The fourth-order valence-electron chi connectivity index (χ4n) is 2.20. The van der Waals surface area contributed by atoms with Gasteiger partial charge < -0.3 is 14.8 Å². The molecule has 4 heteroatoms. The molecule has 0 heterocycles. The number of carbonyl (C=O) groups excluding carboxylic acids is 1. The number of para-hydroxylation sites is 1. The van der Waals surface area contributed by atoms with Crippen molar-refractivity contribution in [3.8, 4) is 11.5 Å². The Morgan fingerprint density at radius 2 is 1.71 bits per heavy atom. The topological polar surface area (TPSA) is 47.6 Å². The van der Waals surface area contributed by atoms with Crippen LogP contribution >= 0.6 is 0 Å². The van der Waals surface area contributed by atoms with Crippen molar-refractivity contribution in [1.82, 2.24) is 5.32 Å². The highest BCUT2D eigenvalue weighted by Gasteiger charge is 2.03. The van der Waals surface area contributed by atoms with Gasteiger partial charge in [-0.25, -0.2) is 0 Å². The molecule has 2 aromatic rings. The molecule has 0 unspecified atom stereocenters. The molecule has 126 valence electrons. The zero-order valence-corrected chi connectivity index (χ0v) is 14.1. The summed E-state index contributed by atoms with van der Waals surface area (Å²) >= 11 is 0. The Bertz CT molecular complexity index is 678. The van der Waals surface area contributed by atoms with Crippen LogP contribution in [0.2, 0.25) is 0 Å². The third-order valence-electron chi connectivity index (χ3n) is 3.34. The zero-order valence-electron chi connectivity index (χ0n) is 14.1. The Balaban J connectivity index is 1.89. The molecule has 1 N–H and O–H groups in total. The number of amides is 1. The van der Waals surface area contributed by atoms with E-state index in [1.165, 1.54) is 6.08 Å². The molecule has 1 amide bonds. The maximum absolute atomic E-state index is 12.0. The van der Waals surface area contributed by atoms with Crippen LogP contribution in [0.25, 0.3) is 6.08 Å². The second-order valence-electron chi connectivity index (χ2n) is 5.09. The van der Waals surface area contributed by atoms with Crippen LogP contribution in [0, 0.1) is 0 Å². The van der Waals surface area contributed by atoms with Gasteiger partial charge in [0.2, 0.25) is 5.91 Å². The standard InChI is InChI=1S/C20H23NO3/c1-3-23-18-12-9-16(10-13-18)11-14-20(22)21-15-17-7-5-6-8-19(17)24-4-2/h5-14H,3-4,15H2,1-2H3,(H,21,22)/b14-11+. The first-order chi connectivity index (χ1) is 11.7. The Hall–Kier alpha value is -2.75. The van der Waals surface area contributed by atoms with Gasteiger partial charge in [0.15, 0.2) is 0 Å². The molecule has 0 fully saturated rings. The first-order valence-corrected chi connectivity index (χ1v) is 8.12. The van der Waals surface area contributed by atoms with Crippen molar-refractivity contribution in [2.45, 2.75) is 20.4 Å². The maximum atomic E-state index is 12.0. The fourth-order valence-corrected chi connectivity index (χ4v) is 2.20. The first kappa shape index (κ1) is 17.6. The van der Waals surface area contributed by atoms with Crippen LogP contribution in [0.5, 0.6) is 11.5 Å². The van der Waals surface area contributed by atoms with Gasteiger partial charge in [-0.1, -0.05) is 30.3 Å². The van der Waals surface area contributed by atoms with Crippen LogP contribution in [0.4, 0.5) is 0 Å². The number of hydrogen-bond donors (Lipinski definition) is 1. The number of carbonyl (C=O) groups is 1. The summed E-state index contributed by atoms with van der Waals surface area (Å²) in [6.45, 7) is 5.56. The van der Waals surface area contributed by atoms with E-state index < -0.39 is 0 Å². The highest BCUT2D eigenvalue weighted by Crippen LogP contribution is 2.17. The van der Waals surface area contributed by atoms with E-state index in [0.717, 1.165) is 22.6 Å². The summed E-state index contributed by atoms with van der Waals surface area (Å²) in [6, 6.07) is 15.3. The third-order valence-corrected chi connectivity index (χ3v) is 3.34. The molecule has 0 aromatic heterocycles. The summed E-state index contributed by atoms with van der Waals surface area (Å²) in [5.41, 5.74) is 1.91. The van der Waals surface area contributed by atoms with Crippen molar-refractivity contribution in [2.24, 2.45) is 0 Å². The second kappa shape index (κ2) is 9.40. The second-order valence-corrected chi connectivity index (χ2v) is 5.09. The molecule has 0 atom stereocenters. The Morgan fingerprint density at radius 3 is 2.42 bits per heavy atom. The summed E-state index contributed by atoms with van der Waals surface area (Å²) in [5, 5.41) is 2.87. The lowest BCUT2D eigenvalue weighted by molar-refractivity contribution is -0.116. The average Bonchev–Trinajstić information content (AvgIpc) is 2.61. The lowest BCUT2D eigenvalue weighted by Gasteiger charge is -2.10. The van der Waals surface area contributed by atoms with E-state index in [-0.39, 0.29) is 5.91 Å². The predicted molar refractivity (Wildman–Crippen MR) is 96.1 cm³/mol. The molecular weight excluding hydrogens is 302 g/mol. The normalized spacial score (nSPS) is 10.6. The Labute approximate surface area is 143 Å². The molecule has 0 radical (unpaired) electrons. The van der Waals surface area contributed by atoms with Gasteiger partial charge in [0.1, 0.15) is 11.5 Å². The molecule has 0 spiro atoms. The van der Waals surface area contributed by atoms with Gasteiger partial charge >= 0.3 is 0 Å². The molecule has 2 rings (SSSR count). The van der Waals surface area contributed by atoms with Crippen molar-refractivity contribution >= 4 is 12.0 Å². The molecule has 0 aliphatic carbocycles. The summed E-state index contributed by atoms with van der Waals surface area (Å²) in [6.07, 6.45) is 3.30. The van der Waals surface area contributed by atoms with E-state index in [2.05, 4.69) is 5.32 Å². The third kappa shape index (κ3) is 5.47. The summed E-state index contributed by atoms with van der Waals surface area (Å²) in [7, 11) is 0. The number of rotatable bonds is 8. The smallest absolute Gasteiger partial charge is 0.244 e. The van der Waals surface area contributed by atoms with Gasteiger partial charge in [0.05, 0.1) is 13.2 Å². The van der Waals surface area contributed by atoms with Gasteiger partial charge in [0.25, 0.3) is 0 Å². The van der Waals surface area contributed by atoms with Crippen LogP contribution in [-0.2, 0) is 11.3 Å².